The summed E-state index contributed by atoms with van der Waals surface area (Å²) in [5, 5.41) is 8.55. The zero-order valence-corrected chi connectivity index (χ0v) is 38.3. The summed E-state index contributed by atoms with van der Waals surface area (Å²) in [6.45, 7) is 17.1. The summed E-state index contributed by atoms with van der Waals surface area (Å²) in [6, 6.07) is 17.7. The van der Waals surface area contributed by atoms with E-state index in [-0.39, 0.29) is 71.5 Å². The van der Waals surface area contributed by atoms with E-state index in [9.17, 15) is 13.2 Å². The standard InChI is InChI=1S/C43H58Cl3N5O7S/c1-9-56-37-27-36(46)38(59(8,54)55)26-35(37)43(47-41(6,31-10-14-33(44)15-11-31)42(7,48-43)32-12-16-34(45)17-13-32)40(53)51-20-18-49(19-21-51)28-39(52)50(22-24-57-29(2)3)23-25-58-30(4)5/h10-17,26-27,29-30,47-48H,9,18-25,28H2,1-8H3/t41-,42+,43?. The van der Waals surface area contributed by atoms with Crippen LogP contribution in [0, 0.1) is 0 Å². The molecule has 0 saturated carbocycles. The van der Waals surface area contributed by atoms with Crippen LogP contribution in [-0.2, 0) is 45.6 Å². The van der Waals surface area contributed by atoms with Gasteiger partial charge in [-0.25, -0.2) is 8.42 Å². The highest BCUT2D eigenvalue weighted by Crippen LogP contribution is 2.52. The fraction of sp³-hybridized carbons (Fsp3) is 0.535. The molecule has 1 unspecified atom stereocenters. The third kappa shape index (κ3) is 10.6. The number of benzene rings is 3. The number of sulfone groups is 1. The minimum absolute atomic E-state index is 0.0277. The van der Waals surface area contributed by atoms with Crippen molar-refractivity contribution in [2.24, 2.45) is 0 Å². The molecule has 3 atom stereocenters. The molecule has 0 radical (unpaired) electrons. The average molecular weight is 895 g/mol. The summed E-state index contributed by atoms with van der Waals surface area (Å²) in [5.74, 6) is -0.167. The SMILES string of the molecule is CCOc1cc(Cl)c(S(C)(=O)=O)cc1C1(C(=O)N2CCN(CC(=O)N(CCOC(C)C)CCOC(C)C)CC2)N[C@@](C)(c2ccc(Cl)cc2)[C@@](C)(c2ccc(Cl)cc2)N1. The van der Waals surface area contributed by atoms with Crippen molar-refractivity contribution in [2.45, 2.75) is 82.3 Å². The minimum Gasteiger partial charge on any atom is -0.493 e. The van der Waals surface area contributed by atoms with E-state index in [2.05, 4.69) is 10.6 Å². The van der Waals surface area contributed by atoms with E-state index in [0.717, 1.165) is 17.4 Å². The smallest absolute Gasteiger partial charge is 0.262 e. The first-order valence-corrected chi connectivity index (χ1v) is 23.1. The first kappa shape index (κ1) is 47.1. The highest BCUT2D eigenvalue weighted by molar-refractivity contribution is 7.90. The summed E-state index contributed by atoms with van der Waals surface area (Å²) < 4.78 is 44.2. The molecule has 0 aliphatic carbocycles. The quantitative estimate of drug-likeness (QED) is 0.156. The number of nitrogens with zero attached hydrogens (tertiary/aromatic N) is 3. The van der Waals surface area contributed by atoms with Crippen molar-refractivity contribution in [1.82, 2.24) is 25.3 Å². The lowest BCUT2D eigenvalue weighted by atomic mass is 9.72. The number of hydrogen-bond donors (Lipinski definition) is 2. The zero-order chi connectivity index (χ0) is 43.3. The van der Waals surface area contributed by atoms with E-state index < -0.39 is 26.6 Å². The third-order valence-electron chi connectivity index (χ3n) is 11.2. The van der Waals surface area contributed by atoms with Crippen molar-refractivity contribution >= 4 is 56.5 Å². The first-order valence-electron chi connectivity index (χ1n) is 20.0. The maximum Gasteiger partial charge on any atom is 0.262 e. The van der Waals surface area contributed by atoms with Gasteiger partial charge >= 0.3 is 0 Å². The highest BCUT2D eigenvalue weighted by Gasteiger charge is 2.65. The Morgan fingerprint density at radius 2 is 1.27 bits per heavy atom. The average Bonchev–Trinajstić information content (AvgIpc) is 3.42. The molecule has 2 N–H and O–H groups in total. The Morgan fingerprint density at radius 3 is 1.69 bits per heavy atom. The summed E-state index contributed by atoms with van der Waals surface area (Å²) in [4.78, 5) is 34.8. The van der Waals surface area contributed by atoms with Gasteiger partial charge in [0.2, 0.25) is 5.91 Å². The second kappa shape index (κ2) is 19.4. The van der Waals surface area contributed by atoms with Crippen LogP contribution in [0.3, 0.4) is 0 Å². The highest BCUT2D eigenvalue weighted by atomic mass is 35.5. The number of halogens is 3. The fourth-order valence-electron chi connectivity index (χ4n) is 7.86. The zero-order valence-electron chi connectivity index (χ0n) is 35.2. The molecule has 12 nitrogen and oxygen atoms in total. The molecule has 59 heavy (non-hydrogen) atoms. The van der Waals surface area contributed by atoms with Gasteiger partial charge in [-0.05, 0) is 89.9 Å². The van der Waals surface area contributed by atoms with Gasteiger partial charge in [0.15, 0.2) is 15.5 Å². The summed E-state index contributed by atoms with van der Waals surface area (Å²) in [7, 11) is -3.87. The van der Waals surface area contributed by atoms with Crippen LogP contribution in [0.1, 0.15) is 65.2 Å². The Kier molecular flexibility index (Phi) is 15.5. The molecule has 3 aromatic carbocycles. The summed E-state index contributed by atoms with van der Waals surface area (Å²) in [5.41, 5.74) is -2.01. The van der Waals surface area contributed by atoms with Crippen LogP contribution in [0.25, 0.3) is 0 Å². The Balaban J connectivity index is 1.55. The molecule has 2 fully saturated rings. The van der Waals surface area contributed by atoms with Crippen LogP contribution >= 0.6 is 34.8 Å². The maximum atomic E-state index is 15.7. The van der Waals surface area contributed by atoms with Crippen LogP contribution in [0.5, 0.6) is 5.75 Å². The number of ether oxygens (including phenoxy) is 3. The lowest BCUT2D eigenvalue weighted by Gasteiger charge is -2.41. The Bertz CT molecular complexity index is 1970. The molecular weight excluding hydrogens is 837 g/mol. The Morgan fingerprint density at radius 1 is 0.797 bits per heavy atom. The molecule has 2 heterocycles. The molecule has 5 rings (SSSR count). The number of amides is 2. The van der Waals surface area contributed by atoms with Crippen LogP contribution in [-0.4, -0.2) is 119 Å². The molecule has 2 amide bonds. The number of carbonyl (C=O) groups is 2. The summed E-state index contributed by atoms with van der Waals surface area (Å²) >= 11 is 19.4. The molecule has 2 aliphatic heterocycles. The van der Waals surface area contributed by atoms with Gasteiger partial charge in [-0.15, -0.1) is 0 Å². The molecule has 16 heteroatoms. The van der Waals surface area contributed by atoms with Crippen molar-refractivity contribution < 1.29 is 32.2 Å². The summed E-state index contributed by atoms with van der Waals surface area (Å²) in [6.07, 6.45) is 1.16. The predicted octanol–water partition coefficient (Wildman–Crippen LogP) is 6.45. The first-order chi connectivity index (χ1) is 27.7. The van der Waals surface area contributed by atoms with E-state index in [1.54, 1.807) is 41.0 Å². The molecule has 3 aromatic rings. The number of carbonyl (C=O) groups excluding carboxylic acids is 2. The number of nitrogens with one attached hydrogen (secondary N) is 2. The molecular formula is C43H58Cl3N5O7S. The van der Waals surface area contributed by atoms with E-state index in [1.165, 1.54) is 12.1 Å². The van der Waals surface area contributed by atoms with E-state index in [1.807, 2.05) is 70.7 Å². The minimum atomic E-state index is -3.87. The lowest BCUT2D eigenvalue weighted by molar-refractivity contribution is -0.142. The van der Waals surface area contributed by atoms with E-state index >= 15 is 4.79 Å². The van der Waals surface area contributed by atoms with Gasteiger partial charge in [0.25, 0.3) is 5.91 Å². The monoisotopic (exact) mass is 893 g/mol. The largest absolute Gasteiger partial charge is 0.493 e. The van der Waals surface area contributed by atoms with Gasteiger partial charge in [0, 0.05) is 67.2 Å². The van der Waals surface area contributed by atoms with E-state index in [0.29, 0.717) is 49.4 Å². The van der Waals surface area contributed by atoms with Gasteiger partial charge in [-0.3, -0.25) is 25.1 Å². The topological polar surface area (TPSA) is 130 Å². The molecule has 0 spiro atoms. The van der Waals surface area contributed by atoms with E-state index in [4.69, 9.17) is 49.0 Å². The Hall–Kier alpha value is -2.98. The van der Waals surface area contributed by atoms with Crippen LogP contribution in [0.15, 0.2) is 65.6 Å². The van der Waals surface area contributed by atoms with Crippen LogP contribution in [0.2, 0.25) is 15.1 Å². The number of piperazine rings is 1. The van der Waals surface area contributed by atoms with Gasteiger partial charge < -0.3 is 24.0 Å². The van der Waals surface area contributed by atoms with Crippen molar-refractivity contribution in [3.8, 4) is 5.75 Å². The predicted molar refractivity (Wildman–Crippen MR) is 233 cm³/mol. The van der Waals surface area contributed by atoms with Crippen LogP contribution < -0.4 is 15.4 Å². The normalized spacial score (nSPS) is 22.6. The Labute approximate surface area is 364 Å². The van der Waals surface area contributed by atoms with Crippen molar-refractivity contribution in [3.05, 3.63) is 92.4 Å². The fourth-order valence-corrected chi connectivity index (χ4v) is 9.43. The second-order valence-electron chi connectivity index (χ2n) is 16.0. The lowest BCUT2D eigenvalue weighted by Crippen LogP contribution is -2.63. The molecule has 324 valence electrons. The molecule has 0 bridgehead atoms. The number of hydrogen-bond acceptors (Lipinski definition) is 10. The van der Waals surface area contributed by atoms with Gasteiger partial charge in [-0.2, -0.15) is 0 Å². The van der Waals surface area contributed by atoms with Crippen LogP contribution in [0.4, 0.5) is 0 Å². The van der Waals surface area contributed by atoms with Gasteiger partial charge in [0.1, 0.15) is 5.75 Å². The molecule has 2 aliphatic rings. The molecule has 2 saturated heterocycles. The van der Waals surface area contributed by atoms with Crippen molar-refractivity contribution in [3.63, 3.8) is 0 Å². The molecule has 0 aromatic heterocycles. The van der Waals surface area contributed by atoms with Crippen molar-refractivity contribution in [2.75, 3.05) is 71.9 Å². The number of rotatable bonds is 17. The second-order valence-corrected chi connectivity index (χ2v) is 19.3. The van der Waals surface area contributed by atoms with Crippen molar-refractivity contribution in [1.29, 1.82) is 0 Å². The third-order valence-corrected chi connectivity index (χ3v) is 13.2. The van der Waals surface area contributed by atoms with Gasteiger partial charge in [-0.1, -0.05) is 59.1 Å². The maximum absolute atomic E-state index is 15.7. The van der Waals surface area contributed by atoms with Gasteiger partial charge in [0.05, 0.1) is 59.6 Å².